The van der Waals surface area contributed by atoms with Crippen LogP contribution in [-0.2, 0) is 6.54 Å². The van der Waals surface area contributed by atoms with Gasteiger partial charge in [-0.1, -0.05) is 11.6 Å². The Morgan fingerprint density at radius 2 is 2.13 bits per heavy atom. The summed E-state index contributed by atoms with van der Waals surface area (Å²) in [7, 11) is 0. The van der Waals surface area contributed by atoms with Crippen molar-refractivity contribution in [3.63, 3.8) is 0 Å². The molecule has 1 aliphatic rings. The summed E-state index contributed by atoms with van der Waals surface area (Å²) in [5, 5.41) is 5.72. The van der Waals surface area contributed by atoms with E-state index in [-0.39, 0.29) is 5.91 Å². The number of amides is 1. The maximum Gasteiger partial charge on any atom is 0.255 e. The fourth-order valence-corrected chi connectivity index (χ4v) is 4.21. The summed E-state index contributed by atoms with van der Waals surface area (Å²) in [6, 6.07) is 3.76. The van der Waals surface area contributed by atoms with E-state index >= 15 is 0 Å². The SMILES string of the molecule is O=C(c1cnc(NCc2cc(Br)cs2)c(Cl)c1)N1CCCCC1. The van der Waals surface area contributed by atoms with Crippen LogP contribution in [0.5, 0.6) is 0 Å². The molecule has 1 aliphatic heterocycles. The lowest BCUT2D eigenvalue weighted by Crippen LogP contribution is -2.35. The first-order valence-corrected chi connectivity index (χ1v) is 9.60. The van der Waals surface area contributed by atoms with Gasteiger partial charge in [0.15, 0.2) is 0 Å². The van der Waals surface area contributed by atoms with E-state index in [0.29, 0.717) is 22.9 Å². The molecule has 0 radical (unpaired) electrons. The van der Waals surface area contributed by atoms with Crippen LogP contribution in [0.3, 0.4) is 0 Å². The lowest BCUT2D eigenvalue weighted by molar-refractivity contribution is 0.0724. The number of nitrogens with one attached hydrogen (secondary N) is 1. The van der Waals surface area contributed by atoms with Crippen molar-refractivity contribution in [2.45, 2.75) is 25.8 Å². The fourth-order valence-electron chi connectivity index (χ4n) is 2.58. The van der Waals surface area contributed by atoms with Gasteiger partial charge in [-0.05, 0) is 47.3 Å². The number of anilines is 1. The maximum atomic E-state index is 12.4. The molecule has 3 heterocycles. The van der Waals surface area contributed by atoms with Crippen molar-refractivity contribution in [1.29, 1.82) is 0 Å². The number of likely N-dealkylation sites (tertiary alicyclic amines) is 1. The molecule has 1 fully saturated rings. The summed E-state index contributed by atoms with van der Waals surface area (Å²) in [5.41, 5.74) is 0.557. The minimum atomic E-state index is 0.0211. The van der Waals surface area contributed by atoms with E-state index in [9.17, 15) is 4.79 Å². The molecular formula is C16H17BrClN3OS. The summed E-state index contributed by atoms with van der Waals surface area (Å²) in [6.45, 7) is 2.30. The quantitative estimate of drug-likeness (QED) is 0.782. The summed E-state index contributed by atoms with van der Waals surface area (Å²) < 4.78 is 1.07. The van der Waals surface area contributed by atoms with Gasteiger partial charge in [0.1, 0.15) is 5.82 Å². The molecule has 122 valence electrons. The predicted molar refractivity (Wildman–Crippen MR) is 98.3 cm³/mol. The Morgan fingerprint density at radius 3 is 2.78 bits per heavy atom. The molecule has 0 saturated carbocycles. The van der Waals surface area contributed by atoms with Crippen molar-refractivity contribution in [1.82, 2.24) is 9.88 Å². The zero-order valence-corrected chi connectivity index (χ0v) is 15.7. The molecule has 3 rings (SSSR count). The Labute approximate surface area is 153 Å². The van der Waals surface area contributed by atoms with Crippen LogP contribution in [0.15, 0.2) is 28.2 Å². The number of piperidine rings is 1. The Morgan fingerprint density at radius 1 is 1.35 bits per heavy atom. The van der Waals surface area contributed by atoms with Crippen molar-refractivity contribution in [2.24, 2.45) is 0 Å². The highest BCUT2D eigenvalue weighted by Crippen LogP contribution is 2.24. The molecule has 0 aromatic carbocycles. The van der Waals surface area contributed by atoms with Gasteiger partial charge >= 0.3 is 0 Å². The van der Waals surface area contributed by atoms with Crippen molar-refractivity contribution < 1.29 is 4.79 Å². The van der Waals surface area contributed by atoms with Crippen molar-refractivity contribution >= 4 is 50.6 Å². The second kappa shape index (κ2) is 7.64. The molecule has 0 aliphatic carbocycles. The Balaban J connectivity index is 1.66. The second-order valence-electron chi connectivity index (χ2n) is 5.49. The van der Waals surface area contributed by atoms with E-state index in [1.165, 1.54) is 11.3 Å². The van der Waals surface area contributed by atoms with Gasteiger partial charge in [-0.2, -0.15) is 0 Å². The first kappa shape index (κ1) is 16.7. The number of hydrogen-bond acceptors (Lipinski definition) is 4. The van der Waals surface area contributed by atoms with Gasteiger partial charge in [0, 0.05) is 34.0 Å². The second-order valence-corrected chi connectivity index (χ2v) is 7.81. The highest BCUT2D eigenvalue weighted by Gasteiger charge is 2.19. The Kier molecular flexibility index (Phi) is 5.56. The van der Waals surface area contributed by atoms with Crippen LogP contribution in [-0.4, -0.2) is 28.9 Å². The van der Waals surface area contributed by atoms with E-state index in [2.05, 4.69) is 32.3 Å². The molecule has 23 heavy (non-hydrogen) atoms. The highest BCUT2D eigenvalue weighted by molar-refractivity contribution is 9.10. The Bertz CT molecular complexity index is 700. The van der Waals surface area contributed by atoms with Gasteiger partial charge in [0.2, 0.25) is 0 Å². The molecule has 0 atom stereocenters. The summed E-state index contributed by atoms with van der Waals surface area (Å²) in [5.74, 6) is 0.624. The van der Waals surface area contributed by atoms with Gasteiger partial charge in [0.25, 0.3) is 5.91 Å². The summed E-state index contributed by atoms with van der Waals surface area (Å²) in [6.07, 6.45) is 4.95. The first-order valence-electron chi connectivity index (χ1n) is 7.55. The van der Waals surface area contributed by atoms with Crippen LogP contribution in [0.2, 0.25) is 5.02 Å². The third-order valence-electron chi connectivity index (χ3n) is 3.78. The highest BCUT2D eigenvalue weighted by atomic mass is 79.9. The Hall–Kier alpha value is -1.11. The van der Waals surface area contributed by atoms with Crippen LogP contribution in [0.25, 0.3) is 0 Å². The molecule has 2 aromatic heterocycles. The predicted octanol–water partition coefficient (Wildman–Crippen LogP) is 4.80. The minimum absolute atomic E-state index is 0.0211. The number of pyridine rings is 1. The van der Waals surface area contributed by atoms with Crippen LogP contribution in [0, 0.1) is 0 Å². The van der Waals surface area contributed by atoms with E-state index in [1.807, 2.05) is 10.3 Å². The molecule has 0 spiro atoms. The fraction of sp³-hybridized carbons (Fsp3) is 0.375. The smallest absolute Gasteiger partial charge is 0.255 e. The normalized spacial score (nSPS) is 14.8. The molecule has 4 nitrogen and oxygen atoms in total. The average molecular weight is 415 g/mol. The number of hydrogen-bond donors (Lipinski definition) is 1. The van der Waals surface area contributed by atoms with Crippen LogP contribution in [0.4, 0.5) is 5.82 Å². The summed E-state index contributed by atoms with van der Waals surface area (Å²) in [4.78, 5) is 19.8. The molecule has 7 heteroatoms. The van der Waals surface area contributed by atoms with Gasteiger partial charge < -0.3 is 10.2 Å². The largest absolute Gasteiger partial charge is 0.364 e. The number of nitrogens with zero attached hydrogens (tertiary/aromatic N) is 2. The number of carbonyl (C=O) groups excluding carboxylic acids is 1. The van der Waals surface area contributed by atoms with E-state index < -0.39 is 0 Å². The molecule has 1 N–H and O–H groups in total. The molecule has 1 amide bonds. The number of thiophene rings is 1. The maximum absolute atomic E-state index is 12.4. The number of carbonyl (C=O) groups is 1. The zero-order chi connectivity index (χ0) is 16.2. The standard InChI is InChI=1S/C16H17BrClN3OS/c17-12-7-13(23-10-12)9-20-15-14(18)6-11(8-19-15)16(22)21-4-2-1-3-5-21/h6-8,10H,1-5,9H2,(H,19,20). The van der Waals surface area contributed by atoms with Crippen molar-refractivity contribution in [3.05, 3.63) is 43.6 Å². The van der Waals surface area contributed by atoms with Gasteiger partial charge in [0.05, 0.1) is 17.1 Å². The van der Waals surface area contributed by atoms with Gasteiger partial charge in [-0.15, -0.1) is 11.3 Å². The monoisotopic (exact) mass is 413 g/mol. The first-order chi connectivity index (χ1) is 11.1. The van der Waals surface area contributed by atoms with Crippen LogP contribution in [0.1, 0.15) is 34.5 Å². The van der Waals surface area contributed by atoms with E-state index in [4.69, 9.17) is 11.6 Å². The lowest BCUT2D eigenvalue weighted by Gasteiger charge is -2.26. The van der Waals surface area contributed by atoms with Gasteiger partial charge in [-0.25, -0.2) is 4.98 Å². The zero-order valence-electron chi connectivity index (χ0n) is 12.5. The third kappa shape index (κ3) is 4.25. The van der Waals surface area contributed by atoms with Crippen LogP contribution < -0.4 is 5.32 Å². The molecule has 2 aromatic rings. The minimum Gasteiger partial charge on any atom is -0.364 e. The number of rotatable bonds is 4. The van der Waals surface area contributed by atoms with Crippen LogP contribution >= 0.6 is 38.9 Å². The van der Waals surface area contributed by atoms with Crippen molar-refractivity contribution in [2.75, 3.05) is 18.4 Å². The molecule has 1 saturated heterocycles. The molecule has 0 bridgehead atoms. The number of aromatic nitrogens is 1. The van der Waals surface area contributed by atoms with E-state index in [1.54, 1.807) is 23.6 Å². The summed E-state index contributed by atoms with van der Waals surface area (Å²) >= 11 is 11.4. The van der Waals surface area contributed by atoms with Crippen molar-refractivity contribution in [3.8, 4) is 0 Å². The molecule has 0 unspecified atom stereocenters. The molecular weight excluding hydrogens is 398 g/mol. The third-order valence-corrected chi connectivity index (χ3v) is 5.77. The van der Waals surface area contributed by atoms with Gasteiger partial charge in [-0.3, -0.25) is 4.79 Å². The number of halogens is 2. The topological polar surface area (TPSA) is 45.2 Å². The average Bonchev–Trinajstić information content (AvgIpc) is 2.99. The van der Waals surface area contributed by atoms with E-state index in [0.717, 1.165) is 30.4 Å². The lowest BCUT2D eigenvalue weighted by atomic mass is 10.1.